The van der Waals surface area contributed by atoms with Crippen molar-refractivity contribution in [2.75, 3.05) is 5.43 Å². The SMILES string of the molecule is Cc1cccc(NNC(=O)C(=NO)c2cccs2)c1. The maximum absolute atomic E-state index is 11.9. The molecule has 5 nitrogen and oxygen atoms in total. The molecule has 2 rings (SSSR count). The van der Waals surface area contributed by atoms with Crippen LogP contribution in [0, 0.1) is 6.92 Å². The summed E-state index contributed by atoms with van der Waals surface area (Å²) in [6.07, 6.45) is 0. The van der Waals surface area contributed by atoms with Crippen molar-refractivity contribution in [3.05, 3.63) is 52.2 Å². The molecule has 0 atom stereocenters. The predicted molar refractivity (Wildman–Crippen MR) is 75.6 cm³/mol. The van der Waals surface area contributed by atoms with Crippen LogP contribution in [0.5, 0.6) is 0 Å². The molecule has 0 aliphatic rings. The lowest BCUT2D eigenvalue weighted by atomic mass is 10.2. The summed E-state index contributed by atoms with van der Waals surface area (Å²) in [5, 5.41) is 13.8. The molecule has 3 N–H and O–H groups in total. The second-order valence-electron chi connectivity index (χ2n) is 3.87. The van der Waals surface area contributed by atoms with Gasteiger partial charge in [0.1, 0.15) is 0 Å². The summed E-state index contributed by atoms with van der Waals surface area (Å²) >= 11 is 1.33. The van der Waals surface area contributed by atoms with Gasteiger partial charge in [-0.3, -0.25) is 15.6 Å². The van der Waals surface area contributed by atoms with Gasteiger partial charge < -0.3 is 5.21 Å². The zero-order valence-corrected chi connectivity index (χ0v) is 11.1. The maximum atomic E-state index is 11.9. The van der Waals surface area contributed by atoms with E-state index in [1.165, 1.54) is 11.3 Å². The average Bonchev–Trinajstić information content (AvgIpc) is 2.91. The molecule has 0 bridgehead atoms. The Morgan fingerprint density at radius 3 is 2.79 bits per heavy atom. The van der Waals surface area contributed by atoms with E-state index in [2.05, 4.69) is 16.0 Å². The first-order valence-corrected chi connectivity index (χ1v) is 6.47. The minimum atomic E-state index is -0.494. The van der Waals surface area contributed by atoms with E-state index >= 15 is 0 Å². The molecule has 19 heavy (non-hydrogen) atoms. The summed E-state index contributed by atoms with van der Waals surface area (Å²) < 4.78 is 0. The molecule has 98 valence electrons. The first-order chi connectivity index (χ1) is 9.20. The number of anilines is 1. The Balaban J connectivity index is 2.01. The van der Waals surface area contributed by atoms with Crippen LogP contribution in [-0.4, -0.2) is 16.8 Å². The van der Waals surface area contributed by atoms with Crippen LogP contribution in [0.25, 0.3) is 0 Å². The summed E-state index contributed by atoms with van der Waals surface area (Å²) in [7, 11) is 0. The van der Waals surface area contributed by atoms with Crippen LogP contribution in [-0.2, 0) is 4.79 Å². The fourth-order valence-corrected chi connectivity index (χ4v) is 2.24. The lowest BCUT2D eigenvalue weighted by Crippen LogP contribution is -2.35. The van der Waals surface area contributed by atoms with Crippen molar-refractivity contribution in [1.82, 2.24) is 5.43 Å². The average molecular weight is 275 g/mol. The molecule has 0 aliphatic heterocycles. The minimum Gasteiger partial charge on any atom is -0.410 e. The first-order valence-electron chi connectivity index (χ1n) is 5.59. The van der Waals surface area contributed by atoms with E-state index in [0.717, 1.165) is 11.3 Å². The van der Waals surface area contributed by atoms with Crippen molar-refractivity contribution >= 4 is 28.6 Å². The number of nitrogens with one attached hydrogen (secondary N) is 2. The maximum Gasteiger partial charge on any atom is 0.293 e. The Kier molecular flexibility index (Phi) is 4.15. The third-order valence-electron chi connectivity index (χ3n) is 2.41. The first kappa shape index (κ1) is 13.1. The topological polar surface area (TPSA) is 73.7 Å². The van der Waals surface area contributed by atoms with Crippen LogP contribution in [0.1, 0.15) is 10.4 Å². The Labute approximate surface area is 114 Å². The zero-order chi connectivity index (χ0) is 13.7. The lowest BCUT2D eigenvalue weighted by molar-refractivity contribution is -0.114. The molecule has 1 aromatic carbocycles. The molecule has 0 fully saturated rings. The second kappa shape index (κ2) is 6.01. The highest BCUT2D eigenvalue weighted by Gasteiger charge is 2.15. The fourth-order valence-electron chi connectivity index (χ4n) is 1.53. The lowest BCUT2D eigenvalue weighted by Gasteiger charge is -2.09. The number of rotatable bonds is 4. The van der Waals surface area contributed by atoms with Gasteiger partial charge >= 0.3 is 0 Å². The predicted octanol–water partition coefficient (Wildman–Crippen LogP) is 2.38. The Bertz CT molecular complexity index is 594. The molecular formula is C13H13N3O2S. The van der Waals surface area contributed by atoms with Gasteiger partial charge in [-0.2, -0.15) is 0 Å². The van der Waals surface area contributed by atoms with E-state index in [1.807, 2.05) is 36.6 Å². The molecule has 0 radical (unpaired) electrons. The number of hydrogen-bond donors (Lipinski definition) is 3. The van der Waals surface area contributed by atoms with Gasteiger partial charge in [0.2, 0.25) is 0 Å². The van der Waals surface area contributed by atoms with Gasteiger partial charge in [0, 0.05) is 0 Å². The summed E-state index contributed by atoms with van der Waals surface area (Å²) in [5.74, 6) is -0.494. The Morgan fingerprint density at radius 2 is 2.16 bits per heavy atom. The number of aryl methyl sites for hydroxylation is 1. The molecule has 0 saturated heterocycles. The number of thiophene rings is 1. The van der Waals surface area contributed by atoms with E-state index in [1.54, 1.807) is 12.1 Å². The number of nitrogens with zero attached hydrogens (tertiary/aromatic N) is 1. The van der Waals surface area contributed by atoms with E-state index in [9.17, 15) is 4.79 Å². The third-order valence-corrected chi connectivity index (χ3v) is 3.28. The van der Waals surface area contributed by atoms with Crippen molar-refractivity contribution < 1.29 is 10.0 Å². The fraction of sp³-hybridized carbons (Fsp3) is 0.0769. The van der Waals surface area contributed by atoms with Crippen molar-refractivity contribution in [1.29, 1.82) is 0 Å². The van der Waals surface area contributed by atoms with Crippen LogP contribution < -0.4 is 10.9 Å². The van der Waals surface area contributed by atoms with Crippen LogP contribution in [0.4, 0.5) is 5.69 Å². The largest absolute Gasteiger partial charge is 0.410 e. The molecule has 1 heterocycles. The number of hydrazine groups is 1. The van der Waals surface area contributed by atoms with Gasteiger partial charge in [-0.25, -0.2) is 0 Å². The number of oxime groups is 1. The molecule has 0 aliphatic carbocycles. The Morgan fingerprint density at radius 1 is 1.32 bits per heavy atom. The van der Waals surface area contributed by atoms with Gasteiger partial charge in [-0.15, -0.1) is 11.3 Å². The van der Waals surface area contributed by atoms with Gasteiger partial charge in [0.05, 0.1) is 10.6 Å². The number of benzene rings is 1. The normalized spacial score (nSPS) is 11.1. The molecule has 0 unspecified atom stereocenters. The molecule has 6 heteroatoms. The summed E-state index contributed by atoms with van der Waals surface area (Å²) in [6.45, 7) is 1.96. The summed E-state index contributed by atoms with van der Waals surface area (Å²) in [4.78, 5) is 12.5. The summed E-state index contributed by atoms with van der Waals surface area (Å²) in [6, 6.07) is 11.1. The van der Waals surface area contributed by atoms with Gasteiger partial charge in [-0.05, 0) is 36.1 Å². The molecule has 1 amide bonds. The third kappa shape index (κ3) is 3.32. The van der Waals surface area contributed by atoms with E-state index in [-0.39, 0.29) is 5.71 Å². The smallest absolute Gasteiger partial charge is 0.293 e. The monoisotopic (exact) mass is 275 g/mol. The highest BCUT2D eigenvalue weighted by Crippen LogP contribution is 2.11. The highest BCUT2D eigenvalue weighted by atomic mass is 32.1. The standard InChI is InChI=1S/C13H13N3O2S/c1-9-4-2-5-10(8-9)14-15-13(17)12(16-18)11-6-3-7-19-11/h2-8,14,18H,1H3,(H,15,17). The number of carbonyl (C=O) groups is 1. The van der Waals surface area contributed by atoms with Gasteiger partial charge in [0.15, 0.2) is 5.71 Å². The van der Waals surface area contributed by atoms with Gasteiger partial charge in [0.25, 0.3) is 5.91 Å². The highest BCUT2D eigenvalue weighted by molar-refractivity contribution is 7.13. The van der Waals surface area contributed by atoms with E-state index < -0.39 is 5.91 Å². The minimum absolute atomic E-state index is 0.0184. The van der Waals surface area contributed by atoms with Crippen LogP contribution in [0.2, 0.25) is 0 Å². The van der Waals surface area contributed by atoms with Crippen molar-refractivity contribution in [3.8, 4) is 0 Å². The number of hydrogen-bond acceptors (Lipinski definition) is 5. The van der Waals surface area contributed by atoms with Crippen molar-refractivity contribution in [2.24, 2.45) is 5.16 Å². The molecule has 1 aromatic heterocycles. The molecule has 0 saturated carbocycles. The van der Waals surface area contributed by atoms with Crippen LogP contribution in [0.3, 0.4) is 0 Å². The zero-order valence-electron chi connectivity index (χ0n) is 10.3. The molecule has 0 spiro atoms. The van der Waals surface area contributed by atoms with Crippen molar-refractivity contribution in [3.63, 3.8) is 0 Å². The van der Waals surface area contributed by atoms with Crippen LogP contribution in [0.15, 0.2) is 46.9 Å². The number of amides is 1. The van der Waals surface area contributed by atoms with Gasteiger partial charge in [-0.1, -0.05) is 23.4 Å². The van der Waals surface area contributed by atoms with E-state index in [4.69, 9.17) is 5.21 Å². The summed E-state index contributed by atoms with van der Waals surface area (Å²) in [5.41, 5.74) is 7.09. The van der Waals surface area contributed by atoms with E-state index in [0.29, 0.717) is 4.88 Å². The number of carbonyl (C=O) groups excluding carboxylic acids is 1. The molecular weight excluding hydrogens is 262 g/mol. The van der Waals surface area contributed by atoms with Crippen molar-refractivity contribution in [2.45, 2.75) is 6.92 Å². The molecule has 2 aromatic rings. The quantitative estimate of drug-likeness (QED) is 0.455. The second-order valence-corrected chi connectivity index (χ2v) is 4.82. The Hall–Kier alpha value is -2.34. The van der Waals surface area contributed by atoms with Crippen LogP contribution >= 0.6 is 11.3 Å².